The third kappa shape index (κ3) is 5.01. The molecule has 2 aliphatic heterocycles. The Morgan fingerprint density at radius 3 is 2.38 bits per heavy atom. The zero-order valence-corrected chi connectivity index (χ0v) is 26.0. The molecule has 0 amide bonds. The van der Waals surface area contributed by atoms with Crippen molar-refractivity contribution in [2.24, 2.45) is 52.3 Å². The average Bonchev–Trinajstić information content (AvgIpc) is 3.39. The van der Waals surface area contributed by atoms with E-state index in [9.17, 15) is 30.6 Å². The minimum absolute atomic E-state index is 0.0290. The highest BCUT2D eigenvalue weighted by molar-refractivity contribution is 5.15. The summed E-state index contributed by atoms with van der Waals surface area (Å²) in [5.74, 6) is 1.96. The van der Waals surface area contributed by atoms with Crippen LogP contribution in [-0.2, 0) is 14.2 Å². The first kappa shape index (κ1) is 31.6. The lowest BCUT2D eigenvalue weighted by molar-refractivity contribution is -0.303. The average molecular weight is 597 g/mol. The van der Waals surface area contributed by atoms with Crippen molar-refractivity contribution in [2.45, 2.75) is 141 Å². The Morgan fingerprint density at radius 1 is 0.905 bits per heavy atom. The van der Waals surface area contributed by atoms with Gasteiger partial charge in [0.15, 0.2) is 12.1 Å². The SMILES string of the molecule is C[C@H](CC[C@@]1(O)O[C@H]2C[C@H]3[C@@H]4CC[C@H]5C[C@@H](O)CC[C@]5(C)[C@H]4CC[C@]3(C)[C@H]2[C@@H]1C)CO[C@@H]1O[C@H](CO)[C@@H](O)C(O)C1O. The van der Waals surface area contributed by atoms with Gasteiger partial charge >= 0.3 is 0 Å². The van der Waals surface area contributed by atoms with Crippen molar-refractivity contribution in [1.82, 2.24) is 0 Å². The highest BCUT2D eigenvalue weighted by Gasteiger charge is 2.68. The summed E-state index contributed by atoms with van der Waals surface area (Å²) in [4.78, 5) is 0. The molecular formula is C33H56O9. The van der Waals surface area contributed by atoms with Gasteiger partial charge in [-0.1, -0.05) is 27.7 Å². The van der Waals surface area contributed by atoms with Crippen molar-refractivity contribution < 1.29 is 44.8 Å². The molecule has 0 aromatic carbocycles. The van der Waals surface area contributed by atoms with Crippen molar-refractivity contribution in [1.29, 1.82) is 0 Å². The van der Waals surface area contributed by atoms with E-state index in [-0.39, 0.29) is 36.1 Å². The first-order valence-electron chi connectivity index (χ1n) is 16.8. The van der Waals surface area contributed by atoms with Crippen LogP contribution in [0.15, 0.2) is 0 Å². The molecule has 0 radical (unpaired) electrons. The second-order valence-corrected chi connectivity index (χ2v) is 15.9. The predicted molar refractivity (Wildman–Crippen MR) is 154 cm³/mol. The lowest BCUT2D eigenvalue weighted by atomic mass is 9.44. The van der Waals surface area contributed by atoms with E-state index < -0.39 is 43.1 Å². The van der Waals surface area contributed by atoms with Crippen molar-refractivity contribution >= 4 is 0 Å². The van der Waals surface area contributed by atoms with Gasteiger partial charge in [-0.3, -0.25) is 0 Å². The third-order valence-electron chi connectivity index (χ3n) is 13.7. The van der Waals surface area contributed by atoms with Crippen LogP contribution in [0.2, 0.25) is 0 Å². The molecule has 2 heterocycles. The van der Waals surface area contributed by atoms with Crippen LogP contribution in [-0.4, -0.2) is 92.6 Å². The van der Waals surface area contributed by atoms with Gasteiger partial charge < -0.3 is 44.8 Å². The lowest BCUT2D eigenvalue weighted by Gasteiger charge is -2.61. The number of aliphatic hydroxyl groups excluding tert-OH is 5. The van der Waals surface area contributed by atoms with E-state index in [1.54, 1.807) is 0 Å². The maximum Gasteiger partial charge on any atom is 0.186 e. The fraction of sp³-hybridized carbons (Fsp3) is 1.00. The Morgan fingerprint density at radius 2 is 1.64 bits per heavy atom. The maximum absolute atomic E-state index is 11.8. The van der Waals surface area contributed by atoms with Crippen molar-refractivity contribution in [2.75, 3.05) is 13.2 Å². The van der Waals surface area contributed by atoms with E-state index in [0.29, 0.717) is 41.9 Å². The van der Waals surface area contributed by atoms with Crippen LogP contribution in [0.3, 0.4) is 0 Å². The molecule has 242 valence electrons. The Balaban J connectivity index is 1.05. The summed E-state index contributed by atoms with van der Waals surface area (Å²) in [5.41, 5.74) is 0.521. The summed E-state index contributed by atoms with van der Waals surface area (Å²) in [6.45, 7) is 8.95. The molecule has 2 saturated heterocycles. The molecule has 4 aliphatic carbocycles. The molecule has 0 spiro atoms. The summed E-state index contributed by atoms with van der Waals surface area (Å²) in [6.07, 6.45) is 3.76. The Hall–Kier alpha value is -0.360. The number of rotatable bonds is 7. The number of aliphatic hydroxyl groups is 6. The fourth-order valence-corrected chi connectivity index (χ4v) is 11.2. The number of ether oxygens (including phenoxy) is 3. The van der Waals surface area contributed by atoms with Crippen LogP contribution in [0.4, 0.5) is 0 Å². The highest BCUT2D eigenvalue weighted by Crippen LogP contribution is 2.70. The van der Waals surface area contributed by atoms with E-state index in [0.717, 1.165) is 31.6 Å². The summed E-state index contributed by atoms with van der Waals surface area (Å²) in [5, 5.41) is 61.9. The normalized spacial score (nSPS) is 56.3. The van der Waals surface area contributed by atoms with Crippen LogP contribution in [0, 0.1) is 52.3 Å². The molecule has 17 atom stereocenters. The molecule has 6 rings (SSSR count). The van der Waals surface area contributed by atoms with Gasteiger partial charge in [-0.15, -0.1) is 0 Å². The van der Waals surface area contributed by atoms with E-state index in [4.69, 9.17) is 14.2 Å². The topological polar surface area (TPSA) is 149 Å². The van der Waals surface area contributed by atoms with Gasteiger partial charge in [0.05, 0.1) is 25.4 Å². The Kier molecular flexibility index (Phi) is 8.63. The molecule has 9 heteroatoms. The van der Waals surface area contributed by atoms with Crippen LogP contribution in [0.25, 0.3) is 0 Å². The van der Waals surface area contributed by atoms with E-state index in [2.05, 4.69) is 20.8 Å². The van der Waals surface area contributed by atoms with Gasteiger partial charge in [0, 0.05) is 12.3 Å². The number of hydrogen-bond acceptors (Lipinski definition) is 9. The summed E-state index contributed by atoms with van der Waals surface area (Å²) in [7, 11) is 0. The molecule has 2 unspecified atom stereocenters. The summed E-state index contributed by atoms with van der Waals surface area (Å²) < 4.78 is 17.8. The predicted octanol–water partition coefficient (Wildman–Crippen LogP) is 2.57. The molecule has 0 aromatic rings. The van der Waals surface area contributed by atoms with Gasteiger partial charge in [-0.05, 0) is 104 Å². The van der Waals surface area contributed by atoms with Crippen LogP contribution >= 0.6 is 0 Å². The number of hydrogen-bond donors (Lipinski definition) is 6. The molecule has 6 fully saturated rings. The monoisotopic (exact) mass is 596 g/mol. The molecule has 4 saturated carbocycles. The van der Waals surface area contributed by atoms with Crippen molar-refractivity contribution in [3.63, 3.8) is 0 Å². The molecule has 9 nitrogen and oxygen atoms in total. The van der Waals surface area contributed by atoms with Gasteiger partial charge in [-0.25, -0.2) is 0 Å². The molecule has 42 heavy (non-hydrogen) atoms. The molecule has 6 N–H and O–H groups in total. The highest BCUT2D eigenvalue weighted by atomic mass is 16.7. The minimum Gasteiger partial charge on any atom is -0.394 e. The molecule has 0 aromatic heterocycles. The maximum atomic E-state index is 11.8. The Labute approximate surface area is 250 Å². The van der Waals surface area contributed by atoms with E-state index in [1.807, 2.05) is 6.92 Å². The van der Waals surface area contributed by atoms with Gasteiger partial charge in [0.25, 0.3) is 0 Å². The molecular weight excluding hydrogens is 540 g/mol. The van der Waals surface area contributed by atoms with E-state index >= 15 is 0 Å². The quantitative estimate of drug-likeness (QED) is 0.261. The van der Waals surface area contributed by atoms with Gasteiger partial charge in [-0.2, -0.15) is 0 Å². The zero-order chi connectivity index (χ0) is 30.2. The second-order valence-electron chi connectivity index (χ2n) is 15.9. The summed E-state index contributed by atoms with van der Waals surface area (Å²) >= 11 is 0. The summed E-state index contributed by atoms with van der Waals surface area (Å²) in [6, 6.07) is 0. The second kappa shape index (κ2) is 11.5. The Bertz CT molecular complexity index is 964. The standard InChI is InChI=1S/C33H56O9/c1-17(16-40-30-29(38)28(37)27(36)25(15-34)41-30)7-12-33(39)18(2)26-24(42-33)14-23-21-6-5-19-13-20(35)8-10-31(19,3)22(21)9-11-32(23,26)4/h17-30,34-39H,5-16H2,1-4H3/t17-,18+,19+,20+,21-,22+,23+,24+,25-,26+,27-,28?,29?,30-,31+,32+,33-/m1/s1. The first-order valence-corrected chi connectivity index (χ1v) is 16.8. The van der Waals surface area contributed by atoms with Gasteiger partial charge in [0.1, 0.15) is 24.4 Å². The van der Waals surface area contributed by atoms with Crippen LogP contribution in [0.5, 0.6) is 0 Å². The molecule has 0 bridgehead atoms. The third-order valence-corrected chi connectivity index (χ3v) is 13.7. The van der Waals surface area contributed by atoms with Crippen LogP contribution in [0.1, 0.15) is 91.9 Å². The van der Waals surface area contributed by atoms with Crippen LogP contribution < -0.4 is 0 Å². The van der Waals surface area contributed by atoms with Crippen molar-refractivity contribution in [3.8, 4) is 0 Å². The zero-order valence-electron chi connectivity index (χ0n) is 26.0. The first-order chi connectivity index (χ1) is 19.8. The smallest absolute Gasteiger partial charge is 0.186 e. The lowest BCUT2D eigenvalue weighted by Crippen LogP contribution is -2.59. The fourth-order valence-electron chi connectivity index (χ4n) is 11.2. The largest absolute Gasteiger partial charge is 0.394 e. The van der Waals surface area contributed by atoms with Gasteiger partial charge in [0.2, 0.25) is 0 Å². The van der Waals surface area contributed by atoms with E-state index in [1.165, 1.54) is 25.7 Å². The minimum atomic E-state index is -1.46. The number of fused-ring (bicyclic) bond motifs is 7. The van der Waals surface area contributed by atoms with Crippen molar-refractivity contribution in [3.05, 3.63) is 0 Å². The molecule has 6 aliphatic rings.